The first-order valence-electron chi connectivity index (χ1n) is 13.6. The summed E-state index contributed by atoms with van der Waals surface area (Å²) in [5, 5.41) is 1.95. The Hall–Kier alpha value is -4.25. The monoisotopic (exact) mass is 519 g/mol. The Morgan fingerprint density at radius 1 is 0.846 bits per heavy atom. The van der Waals surface area contributed by atoms with Crippen LogP contribution in [0, 0.1) is 6.92 Å². The average molecular weight is 520 g/mol. The van der Waals surface area contributed by atoms with Gasteiger partial charge in [-0.1, -0.05) is 42.5 Å². The molecule has 0 spiro atoms. The van der Waals surface area contributed by atoms with Crippen molar-refractivity contribution >= 4 is 17.1 Å². The summed E-state index contributed by atoms with van der Waals surface area (Å²) in [6.07, 6.45) is -0.439. The SMILES string of the molecule is CCN(CC)c1ccc(-c2c(C)c(N(C)C)cc3c2=C(c2ccc(OC)cc2)OC(c2ccccc2)N=3)cc1. The van der Waals surface area contributed by atoms with Crippen molar-refractivity contribution in [1.29, 1.82) is 0 Å². The van der Waals surface area contributed by atoms with Gasteiger partial charge in [-0.25, -0.2) is 4.99 Å². The largest absolute Gasteiger partial charge is 0.497 e. The predicted octanol–water partition coefficient (Wildman–Crippen LogP) is 6.09. The van der Waals surface area contributed by atoms with E-state index in [0.29, 0.717) is 0 Å². The number of fused-ring (bicyclic) bond motifs is 1. The number of anilines is 2. The van der Waals surface area contributed by atoms with Gasteiger partial charge in [0.2, 0.25) is 6.23 Å². The zero-order valence-electron chi connectivity index (χ0n) is 23.7. The van der Waals surface area contributed by atoms with Gasteiger partial charge in [-0.3, -0.25) is 0 Å². The highest BCUT2D eigenvalue weighted by Crippen LogP contribution is 2.33. The van der Waals surface area contributed by atoms with Gasteiger partial charge >= 0.3 is 0 Å². The van der Waals surface area contributed by atoms with Crippen LogP contribution in [-0.4, -0.2) is 34.3 Å². The Morgan fingerprint density at radius 2 is 1.49 bits per heavy atom. The molecule has 0 bridgehead atoms. The highest BCUT2D eigenvalue weighted by atomic mass is 16.5. The van der Waals surface area contributed by atoms with E-state index in [1.165, 1.54) is 11.3 Å². The molecular formula is C34H37N3O2. The van der Waals surface area contributed by atoms with E-state index in [1.54, 1.807) is 7.11 Å². The summed E-state index contributed by atoms with van der Waals surface area (Å²) in [5.74, 6) is 1.64. The molecule has 5 rings (SSSR count). The van der Waals surface area contributed by atoms with Crippen LogP contribution in [0.3, 0.4) is 0 Å². The number of nitrogens with zero attached hydrogens (tertiary/aromatic N) is 3. The number of hydrogen-bond acceptors (Lipinski definition) is 5. The minimum absolute atomic E-state index is 0.439. The Kier molecular flexibility index (Phi) is 7.60. The van der Waals surface area contributed by atoms with Crippen LogP contribution in [0.1, 0.15) is 36.8 Å². The van der Waals surface area contributed by atoms with Crippen molar-refractivity contribution < 1.29 is 9.47 Å². The van der Waals surface area contributed by atoms with E-state index in [2.05, 4.69) is 99.3 Å². The molecule has 0 fully saturated rings. The molecule has 0 aromatic heterocycles. The summed E-state index contributed by atoms with van der Waals surface area (Å²) in [5.41, 5.74) is 7.86. The van der Waals surface area contributed by atoms with Crippen LogP contribution in [0.5, 0.6) is 5.75 Å². The first kappa shape index (κ1) is 26.4. The summed E-state index contributed by atoms with van der Waals surface area (Å²) in [6, 6.07) is 29.4. The van der Waals surface area contributed by atoms with Gasteiger partial charge in [-0.2, -0.15) is 0 Å². The lowest BCUT2D eigenvalue weighted by Crippen LogP contribution is -2.37. The third kappa shape index (κ3) is 5.09. The highest BCUT2D eigenvalue weighted by Gasteiger charge is 2.24. The second-order valence-corrected chi connectivity index (χ2v) is 9.97. The molecule has 1 atom stereocenters. The van der Waals surface area contributed by atoms with Gasteiger partial charge in [0.15, 0.2) is 0 Å². The van der Waals surface area contributed by atoms with Crippen molar-refractivity contribution in [2.24, 2.45) is 4.99 Å². The Balaban J connectivity index is 1.83. The first-order chi connectivity index (χ1) is 18.9. The molecule has 1 unspecified atom stereocenters. The van der Waals surface area contributed by atoms with E-state index in [4.69, 9.17) is 14.5 Å². The molecule has 0 N–H and O–H groups in total. The van der Waals surface area contributed by atoms with E-state index in [1.807, 2.05) is 30.3 Å². The average Bonchev–Trinajstić information content (AvgIpc) is 2.98. The second-order valence-electron chi connectivity index (χ2n) is 9.97. The maximum atomic E-state index is 6.76. The molecule has 1 heterocycles. The minimum atomic E-state index is -0.439. The topological polar surface area (TPSA) is 37.3 Å². The lowest BCUT2D eigenvalue weighted by molar-refractivity contribution is 0.167. The summed E-state index contributed by atoms with van der Waals surface area (Å²) in [7, 11) is 5.86. The van der Waals surface area contributed by atoms with Crippen molar-refractivity contribution in [2.75, 3.05) is 44.1 Å². The first-order valence-corrected chi connectivity index (χ1v) is 13.6. The highest BCUT2D eigenvalue weighted by molar-refractivity contribution is 5.79. The van der Waals surface area contributed by atoms with E-state index in [9.17, 15) is 0 Å². The molecule has 5 nitrogen and oxygen atoms in total. The summed E-state index contributed by atoms with van der Waals surface area (Å²) in [4.78, 5) is 9.69. The van der Waals surface area contributed by atoms with Crippen LogP contribution in [0.15, 0.2) is 89.9 Å². The zero-order valence-corrected chi connectivity index (χ0v) is 23.7. The number of benzene rings is 4. The van der Waals surface area contributed by atoms with Crippen molar-refractivity contribution in [1.82, 2.24) is 0 Å². The van der Waals surface area contributed by atoms with Crippen LogP contribution in [0.25, 0.3) is 16.9 Å². The van der Waals surface area contributed by atoms with E-state index in [0.717, 1.165) is 63.1 Å². The van der Waals surface area contributed by atoms with Gasteiger partial charge in [-0.15, -0.1) is 0 Å². The summed E-state index contributed by atoms with van der Waals surface area (Å²) < 4.78 is 12.2. The van der Waals surface area contributed by atoms with Crippen molar-refractivity contribution in [2.45, 2.75) is 27.0 Å². The van der Waals surface area contributed by atoms with Crippen molar-refractivity contribution in [3.63, 3.8) is 0 Å². The summed E-state index contributed by atoms with van der Waals surface area (Å²) >= 11 is 0. The normalized spacial score (nSPS) is 14.2. The molecule has 0 radical (unpaired) electrons. The smallest absolute Gasteiger partial charge is 0.216 e. The quantitative estimate of drug-likeness (QED) is 0.282. The number of ether oxygens (including phenoxy) is 2. The number of rotatable bonds is 8. The third-order valence-electron chi connectivity index (χ3n) is 7.45. The Bertz CT molecular complexity index is 1560. The van der Waals surface area contributed by atoms with Gasteiger partial charge in [0.1, 0.15) is 11.5 Å². The van der Waals surface area contributed by atoms with Crippen molar-refractivity contribution in [3.05, 3.63) is 112 Å². The van der Waals surface area contributed by atoms with Crippen molar-refractivity contribution in [3.8, 4) is 16.9 Å². The molecule has 1 aliphatic rings. The molecular weight excluding hydrogens is 482 g/mol. The zero-order chi connectivity index (χ0) is 27.5. The van der Waals surface area contributed by atoms with Gasteiger partial charge in [0, 0.05) is 49.7 Å². The number of hydrogen-bond donors (Lipinski definition) is 0. The maximum Gasteiger partial charge on any atom is 0.216 e. The lowest BCUT2D eigenvalue weighted by atomic mass is 9.93. The second kappa shape index (κ2) is 11.2. The van der Waals surface area contributed by atoms with Crippen LogP contribution in [-0.2, 0) is 4.74 Å². The van der Waals surface area contributed by atoms with Crippen LogP contribution in [0.4, 0.5) is 11.4 Å². The maximum absolute atomic E-state index is 6.76. The standard InChI is InChI=1S/C34H37N3O2/c1-7-37(8-2)27-18-14-24(15-19-27)31-23(3)30(36(4)5)22-29-32(31)33(25-16-20-28(38-6)21-17-25)39-34(35-29)26-12-10-9-11-13-26/h9-22,34H,7-8H2,1-6H3. The van der Waals surface area contributed by atoms with Gasteiger partial charge < -0.3 is 19.3 Å². The molecule has 39 heavy (non-hydrogen) atoms. The Morgan fingerprint density at radius 3 is 2.08 bits per heavy atom. The van der Waals surface area contributed by atoms with Gasteiger partial charge in [0.05, 0.1) is 17.7 Å². The molecule has 1 aliphatic heterocycles. The lowest BCUT2D eigenvalue weighted by Gasteiger charge is -2.26. The van der Waals surface area contributed by atoms with Gasteiger partial charge in [0.25, 0.3) is 0 Å². The molecule has 0 amide bonds. The van der Waals surface area contributed by atoms with E-state index in [-0.39, 0.29) is 0 Å². The van der Waals surface area contributed by atoms with Crippen LogP contribution in [0.2, 0.25) is 0 Å². The molecule has 4 aromatic rings. The fourth-order valence-corrected chi connectivity index (χ4v) is 5.38. The van der Waals surface area contributed by atoms with E-state index >= 15 is 0 Å². The predicted molar refractivity (Wildman–Crippen MR) is 161 cm³/mol. The molecule has 5 heteroatoms. The molecule has 0 saturated heterocycles. The minimum Gasteiger partial charge on any atom is -0.497 e. The molecule has 4 aromatic carbocycles. The summed E-state index contributed by atoms with van der Waals surface area (Å²) in [6.45, 7) is 8.53. The van der Waals surface area contributed by atoms with Crippen LogP contribution >= 0.6 is 0 Å². The fourth-order valence-electron chi connectivity index (χ4n) is 5.38. The number of methoxy groups -OCH3 is 1. The van der Waals surface area contributed by atoms with E-state index < -0.39 is 6.23 Å². The fraction of sp³-hybridized carbons (Fsp3) is 0.265. The Labute approximate surface area is 231 Å². The molecule has 0 aliphatic carbocycles. The third-order valence-corrected chi connectivity index (χ3v) is 7.45. The van der Waals surface area contributed by atoms with Crippen LogP contribution < -0.4 is 25.1 Å². The molecule has 200 valence electrons. The molecule has 0 saturated carbocycles. The van der Waals surface area contributed by atoms with Gasteiger partial charge in [-0.05, 0) is 79.9 Å².